The molecule has 0 aromatic heterocycles. The van der Waals surface area contributed by atoms with Crippen molar-refractivity contribution >= 4 is 0 Å². The zero-order valence-electron chi connectivity index (χ0n) is 8.12. The maximum atomic E-state index is 11.8. The van der Waals surface area contributed by atoms with Crippen LogP contribution in [-0.2, 0) is 0 Å². The van der Waals surface area contributed by atoms with Gasteiger partial charge in [-0.1, -0.05) is 0 Å². The van der Waals surface area contributed by atoms with Crippen LogP contribution in [0.15, 0.2) is 0 Å². The molecule has 0 fully saturated rings. The number of nitrogens with zero attached hydrogens (tertiary/aromatic N) is 1. The van der Waals surface area contributed by atoms with Crippen molar-refractivity contribution in [3.05, 3.63) is 6.54 Å². The molecular weight excluding hydrogens is 224 g/mol. The van der Waals surface area contributed by atoms with E-state index in [0.717, 1.165) is 4.90 Å². The van der Waals surface area contributed by atoms with Crippen LogP contribution in [0.3, 0.4) is 0 Å². The van der Waals surface area contributed by atoms with Crippen LogP contribution in [0, 0.1) is 6.54 Å². The van der Waals surface area contributed by atoms with Crippen molar-refractivity contribution in [2.75, 3.05) is 13.1 Å². The molecule has 0 spiro atoms. The van der Waals surface area contributed by atoms with Crippen LogP contribution in [0.2, 0.25) is 0 Å². The van der Waals surface area contributed by atoms with Gasteiger partial charge in [-0.25, -0.2) is 0 Å². The molecule has 0 aromatic carbocycles. The highest BCUT2D eigenvalue weighted by molar-refractivity contribution is 4.68. The summed E-state index contributed by atoms with van der Waals surface area (Å²) < 4.78 is 70.6. The van der Waals surface area contributed by atoms with E-state index >= 15 is 0 Å². The molecule has 0 rings (SSSR count). The molecule has 0 N–H and O–H groups in total. The average molecular weight is 236 g/mol. The summed E-state index contributed by atoms with van der Waals surface area (Å²) in [5, 5.41) is 0. The van der Waals surface area contributed by atoms with Crippen molar-refractivity contribution in [3.63, 3.8) is 0 Å². The molecule has 0 saturated heterocycles. The number of hydrogen-bond donors (Lipinski definition) is 0. The molecule has 0 saturated carbocycles. The van der Waals surface area contributed by atoms with E-state index in [9.17, 15) is 26.3 Å². The summed E-state index contributed by atoms with van der Waals surface area (Å²) in [5.74, 6) is 0. The van der Waals surface area contributed by atoms with Gasteiger partial charge in [0.2, 0.25) is 0 Å². The minimum absolute atomic E-state index is 0.434. The molecular formula is C8H12F6N. The summed E-state index contributed by atoms with van der Waals surface area (Å²) in [4.78, 5) is 1.01. The minimum Gasteiger partial charge on any atom is -0.298 e. The van der Waals surface area contributed by atoms with Gasteiger partial charge in [0.15, 0.2) is 0 Å². The van der Waals surface area contributed by atoms with Gasteiger partial charge >= 0.3 is 12.4 Å². The van der Waals surface area contributed by atoms with E-state index in [1.165, 1.54) is 13.5 Å². The van der Waals surface area contributed by atoms with Crippen molar-refractivity contribution < 1.29 is 26.3 Å². The monoisotopic (exact) mass is 236 g/mol. The number of rotatable bonds is 5. The molecule has 1 radical (unpaired) electrons. The Morgan fingerprint density at radius 2 is 1.20 bits per heavy atom. The van der Waals surface area contributed by atoms with Crippen molar-refractivity contribution in [2.45, 2.75) is 32.1 Å². The zero-order chi connectivity index (χ0) is 12.1. The third-order valence-electron chi connectivity index (χ3n) is 1.73. The SMILES string of the molecule is C[CH]N(CCC(F)(F)F)CCC(F)(F)F. The highest BCUT2D eigenvalue weighted by Crippen LogP contribution is 2.22. The molecule has 0 atom stereocenters. The second-order valence-electron chi connectivity index (χ2n) is 3.02. The van der Waals surface area contributed by atoms with Crippen molar-refractivity contribution in [3.8, 4) is 0 Å². The molecule has 91 valence electrons. The lowest BCUT2D eigenvalue weighted by Crippen LogP contribution is -2.29. The van der Waals surface area contributed by atoms with Gasteiger partial charge in [-0.3, -0.25) is 4.90 Å². The van der Waals surface area contributed by atoms with Gasteiger partial charge in [0.25, 0.3) is 0 Å². The summed E-state index contributed by atoms with van der Waals surface area (Å²) in [5.41, 5.74) is 0. The molecule has 1 nitrogen and oxygen atoms in total. The topological polar surface area (TPSA) is 3.24 Å². The summed E-state index contributed by atoms with van der Waals surface area (Å²) in [6, 6.07) is 0. The zero-order valence-corrected chi connectivity index (χ0v) is 8.12. The maximum Gasteiger partial charge on any atom is 0.390 e. The van der Waals surface area contributed by atoms with Gasteiger partial charge < -0.3 is 0 Å². The van der Waals surface area contributed by atoms with Gasteiger partial charge in [-0.2, -0.15) is 26.3 Å². The van der Waals surface area contributed by atoms with E-state index in [2.05, 4.69) is 0 Å². The second kappa shape index (κ2) is 5.58. The van der Waals surface area contributed by atoms with E-state index in [-0.39, 0.29) is 0 Å². The van der Waals surface area contributed by atoms with Crippen LogP contribution < -0.4 is 0 Å². The predicted octanol–water partition coefficient (Wildman–Crippen LogP) is 3.37. The first-order valence-corrected chi connectivity index (χ1v) is 4.31. The van der Waals surface area contributed by atoms with Crippen LogP contribution in [0.1, 0.15) is 19.8 Å². The second-order valence-corrected chi connectivity index (χ2v) is 3.02. The van der Waals surface area contributed by atoms with E-state index in [1.807, 2.05) is 0 Å². The number of halogens is 6. The first-order valence-electron chi connectivity index (χ1n) is 4.31. The molecule has 0 aromatic rings. The summed E-state index contributed by atoms with van der Waals surface area (Å²) >= 11 is 0. The molecule has 0 aliphatic rings. The van der Waals surface area contributed by atoms with Gasteiger partial charge in [-0.05, 0) is 6.92 Å². The van der Waals surface area contributed by atoms with Crippen LogP contribution in [0.5, 0.6) is 0 Å². The largest absolute Gasteiger partial charge is 0.390 e. The van der Waals surface area contributed by atoms with Gasteiger partial charge in [-0.15, -0.1) is 0 Å². The maximum absolute atomic E-state index is 11.8. The Labute approximate surface area is 84.0 Å². The Kier molecular flexibility index (Phi) is 5.41. The van der Waals surface area contributed by atoms with Gasteiger partial charge in [0, 0.05) is 19.6 Å². The first kappa shape index (κ1) is 14.5. The fraction of sp³-hybridized carbons (Fsp3) is 0.875. The molecule has 7 heteroatoms. The van der Waals surface area contributed by atoms with E-state index in [1.54, 1.807) is 0 Å². The molecule has 0 aliphatic carbocycles. The Hall–Kier alpha value is -0.460. The van der Waals surface area contributed by atoms with Crippen LogP contribution in [-0.4, -0.2) is 30.3 Å². The molecule has 0 aliphatic heterocycles. The smallest absolute Gasteiger partial charge is 0.298 e. The van der Waals surface area contributed by atoms with Crippen molar-refractivity contribution in [1.82, 2.24) is 4.90 Å². The minimum atomic E-state index is -4.33. The lowest BCUT2D eigenvalue weighted by Gasteiger charge is -2.21. The molecule has 0 heterocycles. The predicted molar refractivity (Wildman–Crippen MR) is 42.9 cm³/mol. The molecule has 0 unspecified atom stereocenters. The fourth-order valence-corrected chi connectivity index (χ4v) is 0.911. The average Bonchev–Trinajstić information content (AvgIpc) is 2.00. The Morgan fingerprint density at radius 1 is 0.867 bits per heavy atom. The lowest BCUT2D eigenvalue weighted by atomic mass is 10.3. The molecule has 0 amide bonds. The standard InChI is InChI=1S/C8H12F6N/c1-2-15(5-3-7(9,10)11)6-4-8(12,13)14/h2H,3-6H2,1H3. The van der Waals surface area contributed by atoms with E-state index in [0.29, 0.717) is 0 Å². The number of alkyl halides is 6. The molecule has 0 bridgehead atoms. The van der Waals surface area contributed by atoms with Crippen molar-refractivity contribution in [2.24, 2.45) is 0 Å². The normalized spacial score (nSPS) is 13.6. The van der Waals surface area contributed by atoms with Gasteiger partial charge in [0.1, 0.15) is 0 Å². The van der Waals surface area contributed by atoms with Gasteiger partial charge in [0.05, 0.1) is 12.8 Å². The van der Waals surface area contributed by atoms with Crippen LogP contribution in [0.4, 0.5) is 26.3 Å². The van der Waals surface area contributed by atoms with Crippen LogP contribution >= 0.6 is 0 Å². The summed E-state index contributed by atoms with van der Waals surface area (Å²) in [6.07, 6.45) is -10.9. The molecule has 15 heavy (non-hydrogen) atoms. The Morgan fingerprint density at radius 3 is 1.40 bits per heavy atom. The lowest BCUT2D eigenvalue weighted by molar-refractivity contribution is -0.144. The van der Waals surface area contributed by atoms with Crippen LogP contribution in [0.25, 0.3) is 0 Å². The highest BCUT2D eigenvalue weighted by atomic mass is 19.4. The quantitative estimate of drug-likeness (QED) is 0.661. The van der Waals surface area contributed by atoms with Crippen molar-refractivity contribution in [1.29, 1.82) is 0 Å². The highest BCUT2D eigenvalue weighted by Gasteiger charge is 2.30. The Balaban J connectivity index is 3.84. The summed E-state index contributed by atoms with van der Waals surface area (Å²) in [6.45, 7) is 1.77. The number of hydrogen-bond acceptors (Lipinski definition) is 1. The van der Waals surface area contributed by atoms with E-state index < -0.39 is 38.3 Å². The fourth-order valence-electron chi connectivity index (χ4n) is 0.911. The third-order valence-corrected chi connectivity index (χ3v) is 1.73. The van der Waals surface area contributed by atoms with E-state index in [4.69, 9.17) is 0 Å². The Bertz CT molecular complexity index is 155. The summed E-state index contributed by atoms with van der Waals surface area (Å²) in [7, 11) is 0. The third kappa shape index (κ3) is 9.84. The first-order chi connectivity index (χ1) is 6.64.